The fourth-order valence-electron chi connectivity index (χ4n) is 4.23. The number of carboxylic acid groups (broad SMARTS) is 1. The van der Waals surface area contributed by atoms with Crippen LogP contribution < -0.4 is 4.74 Å². The molecular weight excluding hydrogens is 498 g/mol. The van der Waals surface area contributed by atoms with E-state index in [9.17, 15) is 29.6 Å². The van der Waals surface area contributed by atoms with Gasteiger partial charge in [-0.15, -0.1) is 11.3 Å². The van der Waals surface area contributed by atoms with Crippen LogP contribution in [0.15, 0.2) is 29.6 Å². The first-order chi connectivity index (χ1) is 17.5. The maximum atomic E-state index is 13.4. The molecule has 196 valence electrons. The van der Waals surface area contributed by atoms with Crippen LogP contribution in [0.5, 0.6) is 5.75 Å². The number of ether oxygens (including phenoxy) is 1. The zero-order valence-corrected chi connectivity index (χ0v) is 22.0. The fourth-order valence-corrected chi connectivity index (χ4v) is 4.82. The van der Waals surface area contributed by atoms with Crippen molar-refractivity contribution in [1.82, 2.24) is 9.80 Å². The van der Waals surface area contributed by atoms with E-state index >= 15 is 0 Å². The maximum Gasteiger partial charge on any atom is 0.331 e. The van der Waals surface area contributed by atoms with Gasteiger partial charge in [0.25, 0.3) is 0 Å². The molecule has 10 nitrogen and oxygen atoms in total. The van der Waals surface area contributed by atoms with Gasteiger partial charge in [-0.1, -0.05) is 17.9 Å². The summed E-state index contributed by atoms with van der Waals surface area (Å²) in [7, 11) is 1.29. The highest BCUT2D eigenvalue weighted by atomic mass is 32.1. The van der Waals surface area contributed by atoms with Crippen molar-refractivity contribution in [3.8, 4) is 17.6 Å². The fraction of sp³-hybridized carbons (Fsp3) is 0.423. The molecule has 0 saturated carbocycles. The molecule has 0 fully saturated rings. The van der Waals surface area contributed by atoms with Crippen molar-refractivity contribution < 1.29 is 29.2 Å². The number of thiophene rings is 1. The van der Waals surface area contributed by atoms with Gasteiger partial charge in [-0.05, 0) is 62.3 Å². The van der Waals surface area contributed by atoms with Gasteiger partial charge >= 0.3 is 23.5 Å². The van der Waals surface area contributed by atoms with Gasteiger partial charge in [0.1, 0.15) is 0 Å². The molecule has 1 unspecified atom stereocenters. The number of nitro benzene ring substituents is 1. The summed E-state index contributed by atoms with van der Waals surface area (Å²) >= 11 is 1.54. The van der Waals surface area contributed by atoms with Gasteiger partial charge in [-0.3, -0.25) is 19.7 Å². The molecule has 2 amide bonds. The highest BCUT2D eigenvalue weighted by molar-refractivity contribution is 7.10. The lowest BCUT2D eigenvalue weighted by Crippen LogP contribution is -2.55. The Kier molecular flexibility index (Phi) is 8.55. The second-order valence-electron chi connectivity index (χ2n) is 9.48. The number of benzene rings is 1. The van der Waals surface area contributed by atoms with Crippen molar-refractivity contribution in [2.24, 2.45) is 0 Å². The molecule has 0 radical (unpaired) electrons. The second kappa shape index (κ2) is 11.4. The number of unbranched alkanes of at least 4 members (excludes halogenated alkanes) is 1. The first kappa shape index (κ1) is 27.7. The highest BCUT2D eigenvalue weighted by Crippen LogP contribution is 2.38. The van der Waals surface area contributed by atoms with Gasteiger partial charge in [0.15, 0.2) is 11.8 Å². The van der Waals surface area contributed by atoms with E-state index in [0.717, 1.165) is 15.8 Å². The summed E-state index contributed by atoms with van der Waals surface area (Å²) in [6, 6.07) is 4.83. The minimum Gasteiger partial charge on any atom is -0.490 e. The van der Waals surface area contributed by atoms with E-state index in [1.165, 1.54) is 29.4 Å². The van der Waals surface area contributed by atoms with E-state index < -0.39 is 40.0 Å². The molecule has 1 aromatic carbocycles. The predicted octanol–water partition coefficient (Wildman–Crippen LogP) is 3.63. The molecule has 0 saturated heterocycles. The van der Waals surface area contributed by atoms with E-state index in [0.29, 0.717) is 18.4 Å². The summed E-state index contributed by atoms with van der Waals surface area (Å²) in [6.07, 6.45) is 1.28. The monoisotopic (exact) mass is 527 g/mol. The number of carbonyl (C=O) groups excluding carboxylic acids is 2. The van der Waals surface area contributed by atoms with Crippen molar-refractivity contribution in [2.75, 3.05) is 20.2 Å². The van der Waals surface area contributed by atoms with Gasteiger partial charge in [-0.2, -0.15) is 0 Å². The summed E-state index contributed by atoms with van der Waals surface area (Å²) in [4.78, 5) is 53.2. The number of nitrogens with zero attached hydrogens (tertiary/aromatic N) is 3. The number of methoxy groups -OCH3 is 1. The minimum absolute atomic E-state index is 0.00447. The SMILES string of the molecule is COc1cc2c(cc1[N+](=O)[O-])C(C(=O)O)N(C(=O)C(=O)N(CCCC#Cc1cccs1)C(C)(C)C)CC2. The third-order valence-electron chi connectivity index (χ3n) is 6.01. The smallest absolute Gasteiger partial charge is 0.331 e. The number of amides is 2. The summed E-state index contributed by atoms with van der Waals surface area (Å²) in [5.74, 6) is 2.96. The number of hydrogen-bond donors (Lipinski definition) is 1. The third kappa shape index (κ3) is 6.27. The Morgan fingerprint density at radius 1 is 1.32 bits per heavy atom. The Bertz CT molecular complexity index is 1260. The van der Waals surface area contributed by atoms with Gasteiger partial charge < -0.3 is 19.6 Å². The lowest BCUT2D eigenvalue weighted by molar-refractivity contribution is -0.385. The van der Waals surface area contributed by atoms with Crippen molar-refractivity contribution in [1.29, 1.82) is 0 Å². The number of rotatable bonds is 6. The molecule has 1 aliphatic rings. The number of hydrogen-bond acceptors (Lipinski definition) is 7. The maximum absolute atomic E-state index is 13.4. The van der Waals surface area contributed by atoms with E-state index in [1.54, 1.807) is 20.8 Å². The van der Waals surface area contributed by atoms with Crippen LogP contribution in [0.2, 0.25) is 0 Å². The Morgan fingerprint density at radius 2 is 2.05 bits per heavy atom. The second-order valence-corrected chi connectivity index (χ2v) is 10.4. The standard InChI is InChI=1S/C26H29N3O7S/c1-26(2,3)28(12-7-5-6-9-18-10-8-14-37-18)24(31)23(30)27-13-11-17-15-21(36-4)20(29(34)35)16-19(17)22(27)25(32)33/h8,10,14-16,22H,5,7,11-13H2,1-4H3,(H,32,33). The van der Waals surface area contributed by atoms with Crippen molar-refractivity contribution in [3.63, 3.8) is 0 Å². The summed E-state index contributed by atoms with van der Waals surface area (Å²) < 4.78 is 5.09. The van der Waals surface area contributed by atoms with E-state index in [1.807, 2.05) is 17.5 Å². The van der Waals surface area contributed by atoms with Crippen LogP contribution in [0, 0.1) is 22.0 Å². The molecule has 2 heterocycles. The molecule has 0 spiro atoms. The lowest BCUT2D eigenvalue weighted by Gasteiger charge is -2.39. The molecule has 1 aliphatic heterocycles. The first-order valence-electron chi connectivity index (χ1n) is 11.7. The lowest BCUT2D eigenvalue weighted by atomic mass is 9.91. The third-order valence-corrected chi connectivity index (χ3v) is 6.80. The molecule has 11 heteroatoms. The largest absolute Gasteiger partial charge is 0.490 e. The van der Waals surface area contributed by atoms with Crippen molar-refractivity contribution in [3.05, 3.63) is 55.8 Å². The quantitative estimate of drug-likeness (QED) is 0.200. The number of carbonyl (C=O) groups is 3. The molecule has 1 aromatic heterocycles. The summed E-state index contributed by atoms with van der Waals surface area (Å²) in [5.41, 5.74) is -0.498. The molecule has 37 heavy (non-hydrogen) atoms. The molecule has 1 N–H and O–H groups in total. The summed E-state index contributed by atoms with van der Waals surface area (Å²) in [5, 5.41) is 23.4. The zero-order chi connectivity index (χ0) is 27.3. The average molecular weight is 528 g/mol. The predicted molar refractivity (Wildman–Crippen MR) is 137 cm³/mol. The highest BCUT2D eigenvalue weighted by Gasteiger charge is 2.42. The van der Waals surface area contributed by atoms with Crippen LogP contribution in [0.1, 0.15) is 55.7 Å². The van der Waals surface area contributed by atoms with Gasteiger partial charge in [0, 0.05) is 31.1 Å². The van der Waals surface area contributed by atoms with Crippen LogP contribution in [0.25, 0.3) is 0 Å². The van der Waals surface area contributed by atoms with Gasteiger partial charge in [-0.25, -0.2) is 4.79 Å². The molecule has 0 aliphatic carbocycles. The minimum atomic E-state index is -1.54. The Hall–Kier alpha value is -3.91. The topological polar surface area (TPSA) is 130 Å². The number of fused-ring (bicyclic) bond motifs is 1. The van der Waals surface area contributed by atoms with Gasteiger partial charge in [0.2, 0.25) is 0 Å². The van der Waals surface area contributed by atoms with Crippen LogP contribution >= 0.6 is 11.3 Å². The molecule has 1 atom stereocenters. The number of aliphatic carboxylic acids is 1. The van der Waals surface area contributed by atoms with Crippen LogP contribution in [-0.4, -0.2) is 63.4 Å². The first-order valence-corrected chi connectivity index (χ1v) is 12.6. The molecule has 3 rings (SSSR count). The van der Waals surface area contributed by atoms with Crippen molar-refractivity contribution in [2.45, 2.75) is 51.6 Å². The molecule has 2 aromatic rings. The van der Waals surface area contributed by atoms with E-state index in [-0.39, 0.29) is 30.8 Å². The van der Waals surface area contributed by atoms with Crippen LogP contribution in [0.3, 0.4) is 0 Å². The number of nitro groups is 1. The van der Waals surface area contributed by atoms with E-state index in [4.69, 9.17) is 4.74 Å². The van der Waals surface area contributed by atoms with Crippen molar-refractivity contribution >= 4 is 34.8 Å². The van der Waals surface area contributed by atoms with Gasteiger partial charge in [0.05, 0.1) is 16.9 Å². The Balaban J connectivity index is 1.83. The summed E-state index contributed by atoms with van der Waals surface area (Å²) in [6.45, 7) is 5.62. The van der Waals surface area contributed by atoms with Crippen LogP contribution in [-0.2, 0) is 20.8 Å². The zero-order valence-electron chi connectivity index (χ0n) is 21.1. The Labute approximate surface area is 219 Å². The van der Waals surface area contributed by atoms with E-state index in [2.05, 4.69) is 11.8 Å². The van der Waals surface area contributed by atoms with Crippen LogP contribution in [0.4, 0.5) is 5.69 Å². The normalized spacial score (nSPS) is 14.7. The number of carboxylic acids is 1. The Morgan fingerprint density at radius 3 is 2.62 bits per heavy atom. The molecule has 0 bridgehead atoms. The average Bonchev–Trinajstić information content (AvgIpc) is 3.36. The molecular formula is C26H29N3O7S.